The molecule has 1 atom stereocenters. The van der Waals surface area contributed by atoms with E-state index in [-0.39, 0.29) is 6.42 Å². The molecule has 0 saturated carbocycles. The molecule has 118 valence electrons. The maximum atomic E-state index is 13.4. The molecule has 1 heterocycles. The quantitative estimate of drug-likeness (QED) is 0.866. The highest BCUT2D eigenvalue weighted by Crippen LogP contribution is 2.30. The highest BCUT2D eigenvalue weighted by molar-refractivity contribution is 6.02. The van der Waals surface area contributed by atoms with E-state index in [1.807, 2.05) is 25.1 Å². The molecule has 0 saturated heterocycles. The van der Waals surface area contributed by atoms with Gasteiger partial charge in [-0.25, -0.2) is 9.18 Å². The van der Waals surface area contributed by atoms with E-state index in [4.69, 9.17) is 4.74 Å². The predicted octanol–water partition coefficient (Wildman–Crippen LogP) is 3.24. The Balaban J connectivity index is 1.89. The highest BCUT2D eigenvalue weighted by atomic mass is 19.1. The molecule has 2 aromatic carbocycles. The van der Waals surface area contributed by atoms with Crippen molar-refractivity contribution < 1.29 is 18.7 Å². The van der Waals surface area contributed by atoms with Gasteiger partial charge in [0.05, 0.1) is 5.56 Å². The number of hydrogen-bond acceptors (Lipinski definition) is 3. The summed E-state index contributed by atoms with van der Waals surface area (Å²) in [5.74, 6) is -1.50. The number of aryl methyl sites for hydroxylation is 1. The van der Waals surface area contributed by atoms with E-state index in [1.165, 1.54) is 25.1 Å². The van der Waals surface area contributed by atoms with Crippen LogP contribution in [0, 0.1) is 12.7 Å². The van der Waals surface area contributed by atoms with E-state index in [9.17, 15) is 14.0 Å². The molecule has 0 radical (unpaired) electrons. The van der Waals surface area contributed by atoms with E-state index >= 15 is 0 Å². The van der Waals surface area contributed by atoms with E-state index in [1.54, 1.807) is 6.07 Å². The Bertz CT molecular complexity index is 803. The molecule has 0 fully saturated rings. The van der Waals surface area contributed by atoms with Crippen LogP contribution in [0.5, 0.6) is 0 Å². The standard InChI is InChI=1S/C18H16FNO3/c1-11-5-3-4-6-15(11)20-17(22)18(2)10-12-9-13(19)7-8-14(12)16(21)23-18/h3-9H,10H2,1-2H3,(H,20,22). The van der Waals surface area contributed by atoms with Crippen LogP contribution in [0.1, 0.15) is 28.4 Å². The SMILES string of the molecule is Cc1ccccc1NC(=O)C1(C)Cc2cc(F)ccc2C(=O)O1. The lowest BCUT2D eigenvalue weighted by Gasteiger charge is -2.33. The van der Waals surface area contributed by atoms with Crippen molar-refractivity contribution in [2.45, 2.75) is 25.9 Å². The van der Waals surface area contributed by atoms with Gasteiger partial charge in [0.1, 0.15) is 5.82 Å². The summed E-state index contributed by atoms with van der Waals surface area (Å²) in [4.78, 5) is 24.7. The second-order valence-electron chi connectivity index (χ2n) is 5.87. The normalized spacial score (nSPS) is 19.7. The number of para-hydroxylation sites is 1. The molecular formula is C18H16FNO3. The van der Waals surface area contributed by atoms with Gasteiger partial charge in [-0.2, -0.15) is 0 Å². The van der Waals surface area contributed by atoms with Crippen molar-refractivity contribution >= 4 is 17.6 Å². The summed E-state index contributed by atoms with van der Waals surface area (Å²) in [7, 11) is 0. The van der Waals surface area contributed by atoms with Crippen LogP contribution in [-0.4, -0.2) is 17.5 Å². The third-order valence-corrected chi connectivity index (χ3v) is 4.01. The number of nitrogens with one attached hydrogen (secondary N) is 1. The number of ether oxygens (including phenoxy) is 1. The predicted molar refractivity (Wildman–Crippen MR) is 83.7 cm³/mol. The van der Waals surface area contributed by atoms with Crippen molar-refractivity contribution in [3.63, 3.8) is 0 Å². The lowest BCUT2D eigenvalue weighted by atomic mass is 9.89. The summed E-state index contributed by atoms with van der Waals surface area (Å²) < 4.78 is 18.8. The maximum absolute atomic E-state index is 13.4. The Hall–Kier alpha value is -2.69. The van der Waals surface area contributed by atoms with Crippen LogP contribution in [0.3, 0.4) is 0 Å². The van der Waals surface area contributed by atoms with Crippen molar-refractivity contribution in [2.75, 3.05) is 5.32 Å². The lowest BCUT2D eigenvalue weighted by molar-refractivity contribution is -0.134. The van der Waals surface area contributed by atoms with Gasteiger partial charge < -0.3 is 10.1 Å². The van der Waals surface area contributed by atoms with Crippen LogP contribution in [0.15, 0.2) is 42.5 Å². The highest BCUT2D eigenvalue weighted by Gasteiger charge is 2.42. The second-order valence-corrected chi connectivity index (χ2v) is 5.87. The van der Waals surface area contributed by atoms with Gasteiger partial charge in [0.25, 0.3) is 5.91 Å². The molecule has 0 bridgehead atoms. The number of fused-ring (bicyclic) bond motifs is 1. The fourth-order valence-electron chi connectivity index (χ4n) is 2.66. The molecule has 1 N–H and O–H groups in total. The Morgan fingerprint density at radius 3 is 2.74 bits per heavy atom. The summed E-state index contributed by atoms with van der Waals surface area (Å²) in [6.07, 6.45) is 0.129. The molecule has 3 rings (SSSR count). The maximum Gasteiger partial charge on any atom is 0.339 e. The first-order valence-electron chi connectivity index (χ1n) is 7.28. The molecule has 0 aliphatic carbocycles. The Labute approximate surface area is 133 Å². The molecule has 1 aliphatic heterocycles. The zero-order chi connectivity index (χ0) is 16.6. The minimum absolute atomic E-state index is 0.129. The van der Waals surface area contributed by atoms with Crippen molar-refractivity contribution in [1.82, 2.24) is 0 Å². The first-order valence-corrected chi connectivity index (χ1v) is 7.28. The van der Waals surface area contributed by atoms with E-state index in [2.05, 4.69) is 5.32 Å². The van der Waals surface area contributed by atoms with Gasteiger partial charge in [0.15, 0.2) is 5.60 Å². The Morgan fingerprint density at radius 1 is 1.26 bits per heavy atom. The van der Waals surface area contributed by atoms with Crippen molar-refractivity contribution in [3.8, 4) is 0 Å². The van der Waals surface area contributed by atoms with E-state index in [0.29, 0.717) is 16.8 Å². The Kier molecular flexibility index (Phi) is 3.64. The molecule has 5 heteroatoms. The van der Waals surface area contributed by atoms with E-state index < -0.39 is 23.3 Å². The topological polar surface area (TPSA) is 55.4 Å². The van der Waals surface area contributed by atoms with Gasteiger partial charge in [-0.3, -0.25) is 4.79 Å². The third-order valence-electron chi connectivity index (χ3n) is 4.01. The number of cyclic esters (lactones) is 1. The molecule has 1 aliphatic rings. The number of anilines is 1. The summed E-state index contributed by atoms with van der Waals surface area (Å²) in [6.45, 7) is 3.40. The van der Waals surface area contributed by atoms with Crippen LogP contribution in [-0.2, 0) is 16.0 Å². The number of amides is 1. The zero-order valence-corrected chi connectivity index (χ0v) is 12.9. The lowest BCUT2D eigenvalue weighted by Crippen LogP contribution is -2.49. The molecule has 2 aromatic rings. The average Bonchev–Trinajstić information content (AvgIpc) is 2.48. The smallest absolute Gasteiger partial charge is 0.339 e. The summed E-state index contributed by atoms with van der Waals surface area (Å²) in [6, 6.07) is 11.2. The van der Waals surface area contributed by atoms with Crippen LogP contribution >= 0.6 is 0 Å². The molecule has 4 nitrogen and oxygen atoms in total. The van der Waals surface area contributed by atoms with Crippen molar-refractivity contribution in [2.24, 2.45) is 0 Å². The van der Waals surface area contributed by atoms with Crippen molar-refractivity contribution in [3.05, 3.63) is 65.0 Å². The van der Waals surface area contributed by atoms with Crippen LogP contribution < -0.4 is 5.32 Å². The summed E-state index contributed by atoms with van der Waals surface area (Å²) >= 11 is 0. The summed E-state index contributed by atoms with van der Waals surface area (Å²) in [5.41, 5.74) is 0.953. The largest absolute Gasteiger partial charge is 0.445 e. The van der Waals surface area contributed by atoms with Crippen LogP contribution in [0.4, 0.5) is 10.1 Å². The number of halogens is 1. The number of benzene rings is 2. The number of carbonyl (C=O) groups is 2. The number of esters is 1. The molecule has 0 spiro atoms. The molecule has 1 amide bonds. The van der Waals surface area contributed by atoms with Crippen molar-refractivity contribution in [1.29, 1.82) is 0 Å². The number of carbonyl (C=O) groups excluding carboxylic acids is 2. The second kappa shape index (κ2) is 5.50. The average molecular weight is 313 g/mol. The molecule has 23 heavy (non-hydrogen) atoms. The monoisotopic (exact) mass is 313 g/mol. The van der Waals surface area contributed by atoms with Gasteiger partial charge >= 0.3 is 5.97 Å². The molecule has 1 unspecified atom stereocenters. The fraction of sp³-hybridized carbons (Fsp3) is 0.222. The van der Waals surface area contributed by atoms with Gasteiger partial charge in [-0.15, -0.1) is 0 Å². The molecule has 0 aromatic heterocycles. The first kappa shape index (κ1) is 15.2. The third kappa shape index (κ3) is 2.82. The first-order chi connectivity index (χ1) is 10.9. The fourth-order valence-corrected chi connectivity index (χ4v) is 2.66. The van der Waals surface area contributed by atoms with E-state index in [0.717, 1.165) is 5.56 Å². The number of rotatable bonds is 2. The number of hydrogen-bond donors (Lipinski definition) is 1. The minimum atomic E-state index is -1.37. The summed E-state index contributed by atoms with van der Waals surface area (Å²) in [5, 5.41) is 2.78. The zero-order valence-electron chi connectivity index (χ0n) is 12.9. The van der Waals surface area contributed by atoms with Crippen LogP contribution in [0.2, 0.25) is 0 Å². The van der Waals surface area contributed by atoms with Gasteiger partial charge in [-0.1, -0.05) is 18.2 Å². The minimum Gasteiger partial charge on any atom is -0.445 e. The van der Waals surface area contributed by atoms with Crippen LogP contribution in [0.25, 0.3) is 0 Å². The Morgan fingerprint density at radius 2 is 2.00 bits per heavy atom. The van der Waals surface area contributed by atoms with Gasteiger partial charge in [0, 0.05) is 12.1 Å². The molecular weight excluding hydrogens is 297 g/mol. The van der Waals surface area contributed by atoms with Gasteiger partial charge in [-0.05, 0) is 49.2 Å². The van der Waals surface area contributed by atoms with Gasteiger partial charge in [0.2, 0.25) is 0 Å².